The Hall–Kier alpha value is -3.09. The molecule has 6 nitrogen and oxygen atoms in total. The predicted molar refractivity (Wildman–Crippen MR) is 116 cm³/mol. The normalized spacial score (nSPS) is 20.3. The van der Waals surface area contributed by atoms with Crippen LogP contribution in [0.4, 0.5) is 0 Å². The van der Waals surface area contributed by atoms with Crippen LogP contribution >= 0.6 is 0 Å². The Balaban J connectivity index is 2.01. The van der Waals surface area contributed by atoms with Crippen molar-refractivity contribution < 1.29 is 19.7 Å². The molecule has 0 bridgehead atoms. The van der Waals surface area contributed by atoms with Crippen molar-refractivity contribution in [3.8, 4) is 11.5 Å². The Kier molecular flexibility index (Phi) is 3.91. The van der Waals surface area contributed by atoms with Crippen molar-refractivity contribution in [2.24, 2.45) is 7.05 Å². The number of aliphatic hydroxyl groups is 2. The first kappa shape index (κ1) is 18.9. The third kappa shape index (κ3) is 2.41. The first-order valence-corrected chi connectivity index (χ1v) is 9.86. The Morgan fingerprint density at radius 2 is 1.77 bits per heavy atom. The number of aryl methyl sites for hydroxylation is 1. The highest BCUT2D eigenvalue weighted by atomic mass is 16.5. The zero-order valence-corrected chi connectivity index (χ0v) is 17.3. The average molecular weight is 405 g/mol. The first-order chi connectivity index (χ1) is 14.2. The first-order valence-electron chi connectivity index (χ1n) is 9.86. The summed E-state index contributed by atoms with van der Waals surface area (Å²) >= 11 is 0. The molecule has 0 radical (unpaired) electrons. The van der Waals surface area contributed by atoms with Crippen LogP contribution in [0.2, 0.25) is 0 Å². The summed E-state index contributed by atoms with van der Waals surface area (Å²) in [6, 6.07) is 13.3. The zero-order chi connectivity index (χ0) is 21.4. The molecule has 154 valence electrons. The zero-order valence-electron chi connectivity index (χ0n) is 17.3. The molecule has 6 heteroatoms. The van der Waals surface area contributed by atoms with Crippen molar-refractivity contribution in [1.29, 1.82) is 0 Å². The van der Waals surface area contributed by atoms with E-state index in [4.69, 9.17) is 9.47 Å². The van der Waals surface area contributed by atoms with Crippen LogP contribution in [0, 0.1) is 0 Å². The smallest absolute Gasteiger partial charge is 0.201 e. The average Bonchev–Trinajstić information content (AvgIpc) is 2.73. The van der Waals surface area contributed by atoms with E-state index in [2.05, 4.69) is 0 Å². The number of rotatable bonds is 1. The fourth-order valence-electron chi connectivity index (χ4n) is 4.56. The van der Waals surface area contributed by atoms with Crippen LogP contribution in [0.15, 0.2) is 47.3 Å². The molecule has 0 aliphatic carbocycles. The summed E-state index contributed by atoms with van der Waals surface area (Å²) in [7, 11) is 3.35. The van der Waals surface area contributed by atoms with Crippen LogP contribution in [0.3, 0.4) is 0 Å². The molecule has 0 fully saturated rings. The van der Waals surface area contributed by atoms with E-state index in [1.54, 1.807) is 19.9 Å². The van der Waals surface area contributed by atoms with Gasteiger partial charge in [-0.25, -0.2) is 0 Å². The van der Waals surface area contributed by atoms with Gasteiger partial charge >= 0.3 is 0 Å². The molecule has 30 heavy (non-hydrogen) atoms. The lowest BCUT2D eigenvalue weighted by atomic mass is 9.86. The van der Waals surface area contributed by atoms with Crippen molar-refractivity contribution in [2.45, 2.75) is 31.7 Å². The number of ether oxygens (including phenoxy) is 2. The lowest BCUT2D eigenvalue weighted by molar-refractivity contribution is -0.111. The number of aliphatic hydroxyl groups excluding tert-OH is 2. The molecule has 2 atom stereocenters. The number of hydrogen-bond donors (Lipinski definition) is 2. The van der Waals surface area contributed by atoms with Gasteiger partial charge in [-0.15, -0.1) is 0 Å². The second kappa shape index (κ2) is 6.20. The highest BCUT2D eigenvalue weighted by Gasteiger charge is 2.44. The van der Waals surface area contributed by atoms with Gasteiger partial charge in [0.25, 0.3) is 0 Å². The van der Waals surface area contributed by atoms with Crippen molar-refractivity contribution >= 4 is 32.6 Å². The van der Waals surface area contributed by atoms with E-state index in [1.807, 2.05) is 48.0 Å². The van der Waals surface area contributed by atoms with E-state index in [-0.39, 0.29) is 5.43 Å². The van der Waals surface area contributed by atoms with Gasteiger partial charge in [-0.1, -0.05) is 24.3 Å². The maximum atomic E-state index is 13.6. The summed E-state index contributed by atoms with van der Waals surface area (Å²) in [5.41, 5.74) is 0.450. The molecule has 2 N–H and O–H groups in total. The Labute approximate surface area is 172 Å². The monoisotopic (exact) mass is 405 g/mol. The highest BCUT2D eigenvalue weighted by molar-refractivity contribution is 6.04. The molecule has 0 saturated carbocycles. The van der Waals surface area contributed by atoms with Gasteiger partial charge in [0, 0.05) is 18.5 Å². The second-order valence-corrected chi connectivity index (χ2v) is 8.41. The van der Waals surface area contributed by atoms with Crippen molar-refractivity contribution in [3.63, 3.8) is 0 Å². The second-order valence-electron chi connectivity index (χ2n) is 8.41. The SMILES string of the molecule is COc1cc2c(c3c1c(=O)c1cc4ccccc4cc1n3C)C(O)C(O)C(C)(C)O2. The molecule has 3 aromatic carbocycles. The molecule has 2 heterocycles. The van der Waals surface area contributed by atoms with Crippen LogP contribution in [0.5, 0.6) is 11.5 Å². The van der Waals surface area contributed by atoms with E-state index >= 15 is 0 Å². The highest BCUT2D eigenvalue weighted by Crippen LogP contribution is 2.46. The quantitative estimate of drug-likeness (QED) is 0.475. The molecular weight excluding hydrogens is 382 g/mol. The molecule has 2 unspecified atom stereocenters. The number of hydrogen-bond acceptors (Lipinski definition) is 5. The third-order valence-corrected chi connectivity index (χ3v) is 6.20. The minimum atomic E-state index is -1.21. The van der Waals surface area contributed by atoms with E-state index in [0.717, 1.165) is 16.3 Å². The summed E-state index contributed by atoms with van der Waals surface area (Å²) in [4.78, 5) is 13.6. The summed E-state index contributed by atoms with van der Waals surface area (Å²) in [6.07, 6.45) is -2.36. The molecule has 1 aliphatic heterocycles. The van der Waals surface area contributed by atoms with E-state index < -0.39 is 17.8 Å². The number of fused-ring (bicyclic) bond motifs is 5. The molecule has 0 spiro atoms. The molecule has 0 saturated heterocycles. The van der Waals surface area contributed by atoms with Crippen LogP contribution in [-0.2, 0) is 7.05 Å². The van der Waals surface area contributed by atoms with Gasteiger partial charge in [-0.2, -0.15) is 0 Å². The Bertz CT molecular complexity index is 1400. The summed E-state index contributed by atoms with van der Waals surface area (Å²) in [6.45, 7) is 3.43. The lowest BCUT2D eigenvalue weighted by Gasteiger charge is -2.40. The fraction of sp³-hybridized carbons (Fsp3) is 0.292. The van der Waals surface area contributed by atoms with E-state index in [9.17, 15) is 15.0 Å². The van der Waals surface area contributed by atoms with E-state index in [0.29, 0.717) is 33.4 Å². The van der Waals surface area contributed by atoms with Crippen molar-refractivity contribution in [3.05, 3.63) is 58.3 Å². The van der Waals surface area contributed by atoms with Crippen molar-refractivity contribution in [2.75, 3.05) is 7.11 Å². The number of nitrogens with zero attached hydrogens (tertiary/aromatic N) is 1. The minimum Gasteiger partial charge on any atom is -0.496 e. The number of pyridine rings is 1. The molecule has 5 rings (SSSR count). The molecule has 1 aromatic heterocycles. The van der Waals surface area contributed by atoms with Crippen LogP contribution < -0.4 is 14.9 Å². The van der Waals surface area contributed by atoms with Gasteiger partial charge in [-0.3, -0.25) is 4.79 Å². The largest absolute Gasteiger partial charge is 0.496 e. The Morgan fingerprint density at radius 3 is 2.43 bits per heavy atom. The lowest BCUT2D eigenvalue weighted by Crippen LogP contribution is -2.49. The van der Waals surface area contributed by atoms with Crippen LogP contribution in [0.25, 0.3) is 32.6 Å². The number of methoxy groups -OCH3 is 1. The van der Waals surface area contributed by atoms with Crippen LogP contribution in [-0.4, -0.2) is 33.6 Å². The van der Waals surface area contributed by atoms with Gasteiger partial charge < -0.3 is 24.3 Å². The molecule has 0 amide bonds. The van der Waals surface area contributed by atoms with Gasteiger partial charge in [0.2, 0.25) is 5.43 Å². The summed E-state index contributed by atoms with van der Waals surface area (Å²) in [5.74, 6) is 0.774. The predicted octanol–water partition coefficient (Wildman–Crippen LogP) is 3.42. The van der Waals surface area contributed by atoms with Crippen LogP contribution in [0.1, 0.15) is 25.5 Å². The minimum absolute atomic E-state index is 0.185. The molecule has 1 aliphatic rings. The van der Waals surface area contributed by atoms with E-state index in [1.165, 1.54) is 7.11 Å². The van der Waals surface area contributed by atoms with Gasteiger partial charge in [0.15, 0.2) is 0 Å². The van der Waals surface area contributed by atoms with Crippen molar-refractivity contribution in [1.82, 2.24) is 4.57 Å². The maximum Gasteiger partial charge on any atom is 0.201 e. The van der Waals surface area contributed by atoms with Gasteiger partial charge in [0.05, 0.1) is 29.1 Å². The number of aromatic nitrogens is 1. The topological polar surface area (TPSA) is 80.9 Å². The number of benzene rings is 3. The van der Waals surface area contributed by atoms with Gasteiger partial charge in [0.1, 0.15) is 29.3 Å². The molecule has 4 aromatic rings. The third-order valence-electron chi connectivity index (χ3n) is 6.20. The Morgan fingerprint density at radius 1 is 1.10 bits per heavy atom. The fourth-order valence-corrected chi connectivity index (χ4v) is 4.56. The standard InChI is InChI=1S/C24H23NO5/c1-24(2)23(28)22(27)19-17(30-24)11-16(29-4)18-20(19)25(3)15-10-13-8-6-5-7-12(13)9-14(15)21(18)26/h5-11,22-23,27-28H,1-4H3. The summed E-state index contributed by atoms with van der Waals surface area (Å²) < 4.78 is 13.5. The maximum absolute atomic E-state index is 13.6. The van der Waals surface area contributed by atoms with Gasteiger partial charge in [-0.05, 0) is 36.8 Å². The summed E-state index contributed by atoms with van der Waals surface area (Å²) in [5, 5.41) is 24.6. The molecular formula is C24H23NO5.